The second-order valence-electron chi connectivity index (χ2n) is 4.96. The highest BCUT2D eigenvalue weighted by atomic mass is 16.2. The first kappa shape index (κ1) is 11.6. The van der Waals surface area contributed by atoms with E-state index >= 15 is 0 Å². The monoisotopic (exact) mass is 224 g/mol. The van der Waals surface area contributed by atoms with Crippen LogP contribution in [0.1, 0.15) is 25.7 Å². The van der Waals surface area contributed by atoms with Crippen molar-refractivity contribution in [3.63, 3.8) is 0 Å². The van der Waals surface area contributed by atoms with Crippen molar-refractivity contribution in [2.75, 3.05) is 33.2 Å². The molecule has 2 aliphatic rings. The van der Waals surface area contributed by atoms with Crippen LogP contribution in [0.5, 0.6) is 0 Å². The number of Topliss-reactive ketones (excluding diaryl/α,β-unsaturated/α-hetero) is 1. The minimum Gasteiger partial charge on any atom is -0.335 e. The molecule has 0 bridgehead atoms. The number of carbonyl (C=O) groups excluding carboxylic acids is 2. The van der Waals surface area contributed by atoms with Crippen LogP contribution < -0.4 is 0 Å². The minimum absolute atomic E-state index is 0.154. The van der Waals surface area contributed by atoms with Gasteiger partial charge in [0.05, 0.1) is 6.54 Å². The summed E-state index contributed by atoms with van der Waals surface area (Å²) in [5, 5.41) is 0. The van der Waals surface area contributed by atoms with E-state index in [2.05, 4.69) is 11.9 Å². The smallest absolute Gasteiger partial charge is 0.223 e. The molecular formula is C12H20N2O2. The molecule has 0 aromatic carbocycles. The van der Waals surface area contributed by atoms with Crippen molar-refractivity contribution in [3.05, 3.63) is 0 Å². The summed E-state index contributed by atoms with van der Waals surface area (Å²) < 4.78 is 0. The van der Waals surface area contributed by atoms with Gasteiger partial charge in [-0.05, 0) is 39.4 Å². The summed E-state index contributed by atoms with van der Waals surface area (Å²) in [5.41, 5.74) is 0. The summed E-state index contributed by atoms with van der Waals surface area (Å²) >= 11 is 0. The average molecular weight is 224 g/mol. The molecule has 2 saturated heterocycles. The van der Waals surface area contributed by atoms with Gasteiger partial charge in [-0.3, -0.25) is 9.59 Å². The van der Waals surface area contributed by atoms with Gasteiger partial charge in [-0.25, -0.2) is 0 Å². The Balaban J connectivity index is 1.81. The molecule has 0 atom stereocenters. The Hall–Kier alpha value is -0.900. The molecule has 2 fully saturated rings. The van der Waals surface area contributed by atoms with E-state index in [1.165, 1.54) is 0 Å². The Morgan fingerprint density at radius 2 is 2.00 bits per heavy atom. The minimum atomic E-state index is 0.154. The van der Waals surface area contributed by atoms with Crippen LogP contribution in [-0.4, -0.2) is 54.7 Å². The highest BCUT2D eigenvalue weighted by molar-refractivity contribution is 5.88. The van der Waals surface area contributed by atoms with Gasteiger partial charge in [-0.1, -0.05) is 0 Å². The fourth-order valence-corrected chi connectivity index (χ4v) is 2.52. The fraction of sp³-hybridized carbons (Fsp3) is 0.833. The van der Waals surface area contributed by atoms with Gasteiger partial charge >= 0.3 is 0 Å². The van der Waals surface area contributed by atoms with Gasteiger partial charge in [-0.15, -0.1) is 0 Å². The molecule has 0 aromatic rings. The number of nitrogens with zero attached hydrogens (tertiary/aromatic N) is 2. The van der Waals surface area contributed by atoms with Crippen molar-refractivity contribution in [1.29, 1.82) is 0 Å². The standard InChI is InChI=1S/C12H20N2O2/c1-13-7-4-10(5-8-13)11(15)9-14-6-2-3-12(14)16/h10H,2-9H2,1H3. The Labute approximate surface area is 96.6 Å². The van der Waals surface area contributed by atoms with Crippen LogP contribution >= 0.6 is 0 Å². The second kappa shape index (κ2) is 4.95. The van der Waals surface area contributed by atoms with E-state index in [0.29, 0.717) is 13.0 Å². The molecule has 0 N–H and O–H groups in total. The highest BCUT2D eigenvalue weighted by Crippen LogP contribution is 2.18. The molecule has 0 radical (unpaired) electrons. The number of rotatable bonds is 3. The normalized spacial score (nSPS) is 24.1. The summed E-state index contributed by atoms with van der Waals surface area (Å²) in [7, 11) is 2.09. The van der Waals surface area contributed by atoms with E-state index < -0.39 is 0 Å². The molecule has 4 heteroatoms. The lowest BCUT2D eigenvalue weighted by Crippen LogP contribution is -2.39. The zero-order valence-electron chi connectivity index (χ0n) is 9.95. The van der Waals surface area contributed by atoms with Crippen molar-refractivity contribution in [2.24, 2.45) is 5.92 Å². The van der Waals surface area contributed by atoms with Gasteiger partial charge in [0.15, 0.2) is 5.78 Å². The molecule has 90 valence electrons. The van der Waals surface area contributed by atoms with E-state index in [9.17, 15) is 9.59 Å². The molecule has 0 saturated carbocycles. The quantitative estimate of drug-likeness (QED) is 0.701. The molecule has 2 rings (SSSR count). The van der Waals surface area contributed by atoms with Gasteiger partial charge in [0.25, 0.3) is 0 Å². The molecule has 0 aliphatic carbocycles. The molecular weight excluding hydrogens is 204 g/mol. The SMILES string of the molecule is CN1CCC(C(=O)CN2CCCC2=O)CC1. The van der Waals surface area contributed by atoms with Gasteiger partial charge in [0.1, 0.15) is 0 Å². The third-order valence-corrected chi connectivity index (χ3v) is 3.69. The number of carbonyl (C=O) groups is 2. The second-order valence-corrected chi connectivity index (χ2v) is 4.96. The van der Waals surface area contributed by atoms with E-state index in [4.69, 9.17) is 0 Å². The van der Waals surface area contributed by atoms with E-state index in [1.54, 1.807) is 4.90 Å². The van der Waals surface area contributed by atoms with Gasteiger partial charge < -0.3 is 9.80 Å². The number of ketones is 1. The molecule has 0 aromatic heterocycles. The number of hydrogen-bond donors (Lipinski definition) is 0. The summed E-state index contributed by atoms with van der Waals surface area (Å²) in [5.74, 6) is 0.606. The maximum absolute atomic E-state index is 12.0. The number of piperidine rings is 1. The Bertz CT molecular complexity index is 283. The highest BCUT2D eigenvalue weighted by Gasteiger charge is 2.28. The van der Waals surface area contributed by atoms with Crippen molar-refractivity contribution in [3.8, 4) is 0 Å². The molecule has 16 heavy (non-hydrogen) atoms. The first-order valence-corrected chi connectivity index (χ1v) is 6.16. The van der Waals surface area contributed by atoms with Crippen LogP contribution in [-0.2, 0) is 9.59 Å². The lowest BCUT2D eigenvalue weighted by Gasteiger charge is -2.29. The van der Waals surface area contributed by atoms with Crippen molar-refractivity contribution < 1.29 is 9.59 Å². The molecule has 2 heterocycles. The molecule has 4 nitrogen and oxygen atoms in total. The summed E-state index contributed by atoms with van der Waals surface area (Å²) in [6.07, 6.45) is 3.45. The van der Waals surface area contributed by atoms with Gasteiger partial charge in [0, 0.05) is 18.9 Å². The Morgan fingerprint density at radius 3 is 2.56 bits per heavy atom. The summed E-state index contributed by atoms with van der Waals surface area (Å²) in [6.45, 7) is 3.14. The Morgan fingerprint density at radius 1 is 1.31 bits per heavy atom. The predicted molar refractivity (Wildman–Crippen MR) is 61.0 cm³/mol. The molecule has 0 spiro atoms. The molecule has 0 unspecified atom stereocenters. The average Bonchev–Trinajstić information content (AvgIpc) is 2.65. The lowest BCUT2D eigenvalue weighted by molar-refractivity contribution is -0.134. The van der Waals surface area contributed by atoms with Crippen molar-refractivity contribution in [1.82, 2.24) is 9.80 Å². The first-order valence-electron chi connectivity index (χ1n) is 6.16. The maximum Gasteiger partial charge on any atom is 0.223 e. The molecule has 2 aliphatic heterocycles. The van der Waals surface area contributed by atoms with Gasteiger partial charge in [0.2, 0.25) is 5.91 Å². The first-order chi connectivity index (χ1) is 7.66. The lowest BCUT2D eigenvalue weighted by atomic mass is 9.92. The van der Waals surface area contributed by atoms with E-state index in [-0.39, 0.29) is 17.6 Å². The topological polar surface area (TPSA) is 40.6 Å². The van der Waals surface area contributed by atoms with Crippen LogP contribution in [0.25, 0.3) is 0 Å². The maximum atomic E-state index is 12.0. The van der Waals surface area contributed by atoms with Crippen LogP contribution in [0.3, 0.4) is 0 Å². The van der Waals surface area contributed by atoms with Crippen LogP contribution in [0.15, 0.2) is 0 Å². The number of amides is 1. The van der Waals surface area contributed by atoms with E-state index in [0.717, 1.165) is 38.9 Å². The summed E-state index contributed by atoms with van der Waals surface area (Å²) in [4.78, 5) is 27.4. The molecule has 1 amide bonds. The van der Waals surface area contributed by atoms with Gasteiger partial charge in [-0.2, -0.15) is 0 Å². The predicted octanol–water partition coefficient (Wildman–Crippen LogP) is 0.520. The van der Waals surface area contributed by atoms with Crippen LogP contribution in [0.2, 0.25) is 0 Å². The fourth-order valence-electron chi connectivity index (χ4n) is 2.52. The number of hydrogen-bond acceptors (Lipinski definition) is 3. The largest absolute Gasteiger partial charge is 0.335 e. The van der Waals surface area contributed by atoms with Crippen LogP contribution in [0, 0.1) is 5.92 Å². The van der Waals surface area contributed by atoms with Crippen molar-refractivity contribution >= 4 is 11.7 Å². The van der Waals surface area contributed by atoms with Crippen LogP contribution in [0.4, 0.5) is 0 Å². The van der Waals surface area contributed by atoms with Crippen molar-refractivity contribution in [2.45, 2.75) is 25.7 Å². The third-order valence-electron chi connectivity index (χ3n) is 3.69. The van der Waals surface area contributed by atoms with E-state index in [1.807, 2.05) is 0 Å². The zero-order chi connectivity index (χ0) is 11.5. The zero-order valence-corrected chi connectivity index (χ0v) is 9.95. The third kappa shape index (κ3) is 2.61. The Kier molecular flexibility index (Phi) is 3.59. The summed E-state index contributed by atoms with van der Waals surface area (Å²) in [6, 6.07) is 0. The number of likely N-dealkylation sites (tertiary alicyclic amines) is 2.